The lowest BCUT2D eigenvalue weighted by atomic mass is 9.75. The predicted molar refractivity (Wildman–Crippen MR) is 122 cm³/mol. The summed E-state index contributed by atoms with van der Waals surface area (Å²) in [5, 5.41) is 13.7. The molecule has 30 heavy (non-hydrogen) atoms. The van der Waals surface area contributed by atoms with E-state index in [0.717, 1.165) is 23.9 Å². The first-order valence-corrected chi connectivity index (χ1v) is 11.7. The lowest BCUT2D eigenvalue weighted by Crippen LogP contribution is -2.41. The summed E-state index contributed by atoms with van der Waals surface area (Å²) in [6, 6.07) is 8.53. The molecule has 5 rings (SSSR count). The number of fused-ring (bicyclic) bond motifs is 1. The third kappa shape index (κ3) is 4.00. The number of piperidine rings is 1. The third-order valence-electron chi connectivity index (χ3n) is 6.41. The first kappa shape index (κ1) is 19.7. The normalized spacial score (nSPS) is 25.8. The van der Waals surface area contributed by atoms with Crippen molar-refractivity contribution in [2.45, 2.75) is 38.6 Å². The highest BCUT2D eigenvalue weighted by molar-refractivity contribution is 8.26. The number of hydrogen-bond donors (Lipinski definition) is 1. The number of carbonyl (C=O) groups is 1. The van der Waals surface area contributed by atoms with E-state index in [1.165, 1.54) is 61.0 Å². The summed E-state index contributed by atoms with van der Waals surface area (Å²) in [6.07, 6.45) is 8.82. The average Bonchev–Trinajstić information content (AvgIpc) is 3.38. The summed E-state index contributed by atoms with van der Waals surface area (Å²) in [5.41, 5.74) is 2.28. The highest BCUT2D eigenvalue weighted by atomic mass is 32.2. The molecule has 1 N–H and O–H groups in total. The second-order valence-corrected chi connectivity index (χ2v) is 9.90. The molecule has 156 valence electrons. The van der Waals surface area contributed by atoms with Gasteiger partial charge in [0.15, 0.2) is 5.82 Å². The van der Waals surface area contributed by atoms with Gasteiger partial charge in [-0.2, -0.15) is 5.21 Å². The molecule has 3 aliphatic rings. The van der Waals surface area contributed by atoms with Crippen LogP contribution < -0.4 is 4.90 Å². The molecule has 0 unspecified atom stereocenters. The molecule has 2 saturated heterocycles. The van der Waals surface area contributed by atoms with Crippen LogP contribution in [0.5, 0.6) is 0 Å². The summed E-state index contributed by atoms with van der Waals surface area (Å²) >= 11 is 6.69. The number of rotatable bonds is 4. The zero-order valence-electron chi connectivity index (χ0n) is 16.7. The van der Waals surface area contributed by atoms with Gasteiger partial charge >= 0.3 is 0 Å². The van der Waals surface area contributed by atoms with Crippen molar-refractivity contribution in [1.29, 1.82) is 0 Å². The van der Waals surface area contributed by atoms with E-state index in [9.17, 15) is 4.79 Å². The zero-order valence-corrected chi connectivity index (χ0v) is 18.3. The molecule has 1 aromatic heterocycles. The van der Waals surface area contributed by atoms with E-state index in [1.54, 1.807) is 0 Å². The minimum atomic E-state index is -0.113. The first-order chi connectivity index (χ1) is 14.7. The Hall–Kier alpha value is -2.26. The Bertz CT molecular complexity index is 958. The number of tetrazole rings is 1. The molecule has 3 fully saturated rings. The standard InChI is InChI=1S/C21H24N6OS2/c28-20-18(30-21(29)27(20)13-19-22-24-25-23-19)11-14-5-7-17(8-6-14)26-10-9-15-3-1-2-4-16(15)12-26/h5-8,11,15-16H,1-4,9-10,12-13H2,(H,22,23,24,25)/t15-,16-/m0/s1. The Kier molecular flexibility index (Phi) is 5.56. The van der Waals surface area contributed by atoms with Gasteiger partial charge in [0.2, 0.25) is 0 Å². The minimum absolute atomic E-state index is 0.113. The van der Waals surface area contributed by atoms with Gasteiger partial charge in [-0.15, -0.1) is 10.2 Å². The fourth-order valence-corrected chi connectivity index (χ4v) is 6.05. The highest BCUT2D eigenvalue weighted by Crippen LogP contribution is 2.38. The number of nitrogens with one attached hydrogen (secondary N) is 1. The van der Waals surface area contributed by atoms with Crippen LogP contribution in [0, 0.1) is 11.8 Å². The Labute approximate surface area is 185 Å². The SMILES string of the molecule is O=C1C(=Cc2ccc(N3CC[C@@H]4CCCC[C@H]4C3)cc2)SC(=S)N1Cc1nn[nH]n1. The molecular formula is C21H24N6OS2. The summed E-state index contributed by atoms with van der Waals surface area (Å²) in [4.78, 5) is 17.4. The van der Waals surface area contributed by atoms with Gasteiger partial charge in [0, 0.05) is 18.8 Å². The van der Waals surface area contributed by atoms with Gasteiger partial charge in [-0.25, -0.2) is 0 Å². The van der Waals surface area contributed by atoms with Crippen molar-refractivity contribution in [3.63, 3.8) is 0 Å². The topological polar surface area (TPSA) is 78.0 Å². The molecule has 9 heteroatoms. The molecule has 2 atom stereocenters. The van der Waals surface area contributed by atoms with Crippen LogP contribution in [0.25, 0.3) is 6.08 Å². The van der Waals surface area contributed by atoms with Crippen molar-refractivity contribution in [3.05, 3.63) is 40.6 Å². The van der Waals surface area contributed by atoms with Crippen molar-refractivity contribution >= 4 is 46.0 Å². The number of aromatic nitrogens is 4. The second-order valence-electron chi connectivity index (χ2n) is 8.23. The summed E-state index contributed by atoms with van der Waals surface area (Å²) in [5.74, 6) is 2.12. The van der Waals surface area contributed by atoms with E-state index < -0.39 is 0 Å². The monoisotopic (exact) mass is 440 g/mol. The molecule has 1 aromatic carbocycles. The van der Waals surface area contributed by atoms with Gasteiger partial charge in [0.05, 0.1) is 11.4 Å². The lowest BCUT2D eigenvalue weighted by molar-refractivity contribution is -0.122. The second kappa shape index (κ2) is 8.47. The number of hydrogen-bond acceptors (Lipinski definition) is 7. The quantitative estimate of drug-likeness (QED) is 0.575. The maximum absolute atomic E-state index is 12.7. The molecule has 3 heterocycles. The Morgan fingerprint density at radius 1 is 1.17 bits per heavy atom. The minimum Gasteiger partial charge on any atom is -0.371 e. The van der Waals surface area contributed by atoms with Crippen LogP contribution in [-0.4, -0.2) is 48.8 Å². The fourth-order valence-electron chi connectivity index (χ4n) is 4.80. The summed E-state index contributed by atoms with van der Waals surface area (Å²) in [7, 11) is 0. The number of anilines is 1. The molecule has 7 nitrogen and oxygen atoms in total. The fraction of sp³-hybridized carbons (Fsp3) is 0.476. The maximum Gasteiger partial charge on any atom is 0.266 e. The van der Waals surface area contributed by atoms with Crippen LogP contribution in [0.4, 0.5) is 5.69 Å². The van der Waals surface area contributed by atoms with Crippen LogP contribution >= 0.6 is 24.0 Å². The number of amides is 1. The van der Waals surface area contributed by atoms with Gasteiger partial charge in [-0.05, 0) is 48.4 Å². The van der Waals surface area contributed by atoms with Crippen molar-refractivity contribution in [1.82, 2.24) is 25.5 Å². The van der Waals surface area contributed by atoms with Crippen molar-refractivity contribution < 1.29 is 4.79 Å². The number of nitrogens with zero attached hydrogens (tertiary/aromatic N) is 5. The van der Waals surface area contributed by atoms with Crippen LogP contribution in [0.3, 0.4) is 0 Å². The maximum atomic E-state index is 12.7. The Morgan fingerprint density at radius 2 is 1.97 bits per heavy atom. The zero-order chi connectivity index (χ0) is 20.5. The van der Waals surface area contributed by atoms with Gasteiger partial charge in [0.25, 0.3) is 5.91 Å². The van der Waals surface area contributed by atoms with Crippen molar-refractivity contribution in [2.24, 2.45) is 11.8 Å². The predicted octanol–water partition coefficient (Wildman–Crippen LogP) is 3.62. The molecule has 0 spiro atoms. The number of benzene rings is 1. The molecule has 2 aromatic rings. The highest BCUT2D eigenvalue weighted by Gasteiger charge is 2.33. The largest absolute Gasteiger partial charge is 0.371 e. The van der Waals surface area contributed by atoms with Gasteiger partial charge in [-0.3, -0.25) is 9.69 Å². The molecule has 0 radical (unpaired) electrons. The van der Waals surface area contributed by atoms with E-state index >= 15 is 0 Å². The van der Waals surface area contributed by atoms with Crippen LogP contribution in [-0.2, 0) is 11.3 Å². The van der Waals surface area contributed by atoms with Crippen molar-refractivity contribution in [2.75, 3.05) is 18.0 Å². The van der Waals surface area contributed by atoms with Crippen LogP contribution in [0.15, 0.2) is 29.2 Å². The Morgan fingerprint density at radius 3 is 2.73 bits per heavy atom. The van der Waals surface area contributed by atoms with E-state index in [1.807, 2.05) is 6.08 Å². The lowest BCUT2D eigenvalue weighted by Gasteiger charge is -2.42. The van der Waals surface area contributed by atoms with E-state index in [2.05, 4.69) is 49.8 Å². The molecule has 1 amide bonds. The molecule has 1 saturated carbocycles. The molecule has 2 aliphatic heterocycles. The van der Waals surface area contributed by atoms with Gasteiger partial charge in [-0.1, -0.05) is 60.6 Å². The number of thioether (sulfide) groups is 1. The molecule has 0 bridgehead atoms. The number of aromatic amines is 1. The summed E-state index contributed by atoms with van der Waals surface area (Å²) < 4.78 is 0.517. The van der Waals surface area contributed by atoms with E-state index in [-0.39, 0.29) is 12.5 Å². The van der Waals surface area contributed by atoms with Gasteiger partial charge < -0.3 is 4.90 Å². The van der Waals surface area contributed by atoms with Gasteiger partial charge in [0.1, 0.15) is 4.32 Å². The van der Waals surface area contributed by atoms with Crippen molar-refractivity contribution in [3.8, 4) is 0 Å². The average molecular weight is 441 g/mol. The molecular weight excluding hydrogens is 416 g/mol. The number of thiocarbonyl (C=S) groups is 1. The van der Waals surface area contributed by atoms with Crippen LogP contribution in [0.2, 0.25) is 0 Å². The number of carbonyl (C=O) groups excluding carboxylic acids is 1. The summed E-state index contributed by atoms with van der Waals surface area (Å²) in [6.45, 7) is 2.56. The first-order valence-electron chi connectivity index (χ1n) is 10.5. The molecule has 1 aliphatic carbocycles. The third-order valence-corrected chi connectivity index (χ3v) is 7.79. The van der Waals surface area contributed by atoms with Crippen LogP contribution in [0.1, 0.15) is 43.5 Å². The number of H-pyrrole nitrogens is 1. The van der Waals surface area contributed by atoms with E-state index in [0.29, 0.717) is 15.1 Å². The smallest absolute Gasteiger partial charge is 0.266 e. The van der Waals surface area contributed by atoms with E-state index in [4.69, 9.17) is 12.2 Å². The Balaban J connectivity index is 1.26.